The molecule has 0 saturated carbocycles. The average molecular weight is 354 g/mol. The van der Waals surface area contributed by atoms with E-state index < -0.39 is 11.5 Å². The molecule has 0 saturated heterocycles. The summed E-state index contributed by atoms with van der Waals surface area (Å²) in [5.74, 6) is -0.445. The van der Waals surface area contributed by atoms with E-state index in [0.717, 1.165) is 16.8 Å². The smallest absolute Gasteiger partial charge is 0.298 e. The molecule has 1 N–H and O–H groups in total. The van der Waals surface area contributed by atoms with Gasteiger partial charge in [-0.1, -0.05) is 17.7 Å². The maximum atomic E-state index is 12.7. The molecule has 0 radical (unpaired) electrons. The molecule has 3 aromatic rings. The first-order chi connectivity index (χ1) is 12.0. The molecule has 0 aliphatic heterocycles. The Kier molecular flexibility index (Phi) is 4.67. The summed E-state index contributed by atoms with van der Waals surface area (Å²) in [5, 5.41) is 3.09. The fraction of sp³-hybridized carbons (Fsp3) is 0.105. The van der Waals surface area contributed by atoms with Gasteiger partial charge in [-0.3, -0.25) is 14.2 Å². The minimum Gasteiger partial charge on any atom is -0.302 e. The van der Waals surface area contributed by atoms with Crippen molar-refractivity contribution in [3.05, 3.63) is 86.9 Å². The third kappa shape index (κ3) is 3.61. The number of halogens is 1. The Bertz CT molecular complexity index is 994. The van der Waals surface area contributed by atoms with Crippen molar-refractivity contribution in [1.82, 2.24) is 9.55 Å². The van der Waals surface area contributed by atoms with Crippen LogP contribution in [0, 0.1) is 13.8 Å². The molecule has 1 amide bonds. The highest BCUT2D eigenvalue weighted by Crippen LogP contribution is 2.13. The third-order valence-corrected chi connectivity index (χ3v) is 4.20. The quantitative estimate of drug-likeness (QED) is 0.779. The fourth-order valence-electron chi connectivity index (χ4n) is 2.36. The van der Waals surface area contributed by atoms with Gasteiger partial charge in [0.2, 0.25) is 0 Å². The van der Waals surface area contributed by atoms with E-state index in [0.29, 0.717) is 10.6 Å². The van der Waals surface area contributed by atoms with E-state index >= 15 is 0 Å². The maximum absolute atomic E-state index is 12.7. The fourth-order valence-corrected chi connectivity index (χ4v) is 2.48. The maximum Gasteiger partial charge on any atom is 0.298 e. The minimum absolute atomic E-state index is 0.0271. The summed E-state index contributed by atoms with van der Waals surface area (Å²) in [6, 6.07) is 12.1. The molecule has 1 aromatic heterocycles. The van der Waals surface area contributed by atoms with E-state index in [1.54, 1.807) is 30.5 Å². The number of nitrogens with one attached hydrogen (secondary N) is 1. The van der Waals surface area contributed by atoms with Crippen molar-refractivity contribution in [2.75, 3.05) is 5.32 Å². The lowest BCUT2D eigenvalue weighted by Crippen LogP contribution is -2.26. The molecule has 0 atom stereocenters. The first-order valence-electron chi connectivity index (χ1n) is 7.68. The largest absolute Gasteiger partial charge is 0.302 e. The van der Waals surface area contributed by atoms with Gasteiger partial charge in [0, 0.05) is 28.7 Å². The molecule has 0 spiro atoms. The first kappa shape index (κ1) is 16.9. The molecule has 0 bridgehead atoms. The zero-order valence-electron chi connectivity index (χ0n) is 13.8. The van der Waals surface area contributed by atoms with Gasteiger partial charge >= 0.3 is 0 Å². The highest BCUT2D eigenvalue weighted by atomic mass is 35.5. The molecular formula is C19H16ClN3O2. The van der Waals surface area contributed by atoms with Gasteiger partial charge in [0.05, 0.1) is 0 Å². The van der Waals surface area contributed by atoms with Gasteiger partial charge in [-0.15, -0.1) is 0 Å². The van der Waals surface area contributed by atoms with Crippen LogP contribution in [0.25, 0.3) is 5.69 Å². The molecule has 0 unspecified atom stereocenters. The summed E-state index contributed by atoms with van der Waals surface area (Å²) in [6.45, 7) is 3.99. The van der Waals surface area contributed by atoms with E-state index in [-0.39, 0.29) is 5.82 Å². The van der Waals surface area contributed by atoms with E-state index in [9.17, 15) is 9.59 Å². The number of benzene rings is 2. The summed E-state index contributed by atoms with van der Waals surface area (Å²) >= 11 is 5.82. The van der Waals surface area contributed by atoms with Crippen molar-refractivity contribution in [1.29, 1.82) is 0 Å². The lowest BCUT2D eigenvalue weighted by atomic mass is 10.1. The topological polar surface area (TPSA) is 64.0 Å². The van der Waals surface area contributed by atoms with Crippen LogP contribution in [0.5, 0.6) is 0 Å². The summed E-state index contributed by atoms with van der Waals surface area (Å²) < 4.78 is 1.46. The van der Waals surface area contributed by atoms with E-state index in [1.807, 2.05) is 32.0 Å². The van der Waals surface area contributed by atoms with E-state index in [1.165, 1.54) is 10.8 Å². The molecule has 25 heavy (non-hydrogen) atoms. The van der Waals surface area contributed by atoms with Crippen LogP contribution in [0.1, 0.15) is 21.5 Å². The molecule has 0 fully saturated rings. The number of aryl methyl sites for hydroxylation is 2. The second-order valence-electron chi connectivity index (χ2n) is 5.68. The van der Waals surface area contributed by atoms with Crippen molar-refractivity contribution < 1.29 is 4.79 Å². The van der Waals surface area contributed by atoms with Crippen LogP contribution in [-0.4, -0.2) is 15.5 Å². The SMILES string of the molecule is Cc1ccc(-n2ccnc(NC(=O)c3ccc(Cl)cc3)c2=O)cc1C. The zero-order chi connectivity index (χ0) is 18.0. The molecular weight excluding hydrogens is 338 g/mol. The summed E-state index contributed by atoms with van der Waals surface area (Å²) in [7, 11) is 0. The molecule has 0 aliphatic carbocycles. The van der Waals surface area contributed by atoms with Crippen molar-refractivity contribution >= 4 is 23.3 Å². The molecule has 6 heteroatoms. The van der Waals surface area contributed by atoms with Crippen molar-refractivity contribution in [3.8, 4) is 5.69 Å². The molecule has 3 rings (SSSR count). The number of nitrogens with zero attached hydrogens (tertiary/aromatic N) is 2. The third-order valence-electron chi connectivity index (χ3n) is 3.95. The molecule has 1 heterocycles. The molecule has 126 valence electrons. The lowest BCUT2D eigenvalue weighted by Gasteiger charge is -2.10. The number of hydrogen-bond donors (Lipinski definition) is 1. The lowest BCUT2D eigenvalue weighted by molar-refractivity contribution is 0.102. The zero-order valence-corrected chi connectivity index (χ0v) is 14.5. The van der Waals surface area contributed by atoms with Crippen LogP contribution in [0.2, 0.25) is 5.02 Å². The normalized spacial score (nSPS) is 10.5. The Hall–Kier alpha value is -2.92. The highest BCUT2D eigenvalue weighted by Gasteiger charge is 2.12. The average Bonchev–Trinajstić information content (AvgIpc) is 2.60. The van der Waals surface area contributed by atoms with Gasteiger partial charge in [-0.2, -0.15) is 0 Å². The van der Waals surface area contributed by atoms with Crippen molar-refractivity contribution in [2.24, 2.45) is 0 Å². The van der Waals surface area contributed by atoms with Gasteiger partial charge < -0.3 is 5.32 Å². The van der Waals surface area contributed by atoms with Gasteiger partial charge in [0.15, 0.2) is 5.82 Å². The molecule has 0 aliphatic rings. The highest BCUT2D eigenvalue weighted by molar-refractivity contribution is 6.30. The van der Waals surface area contributed by atoms with Crippen molar-refractivity contribution in [3.63, 3.8) is 0 Å². The number of anilines is 1. The van der Waals surface area contributed by atoms with Crippen LogP contribution in [-0.2, 0) is 0 Å². The Morgan fingerprint density at radius 1 is 1.08 bits per heavy atom. The van der Waals surface area contributed by atoms with Crippen LogP contribution in [0.15, 0.2) is 59.7 Å². The van der Waals surface area contributed by atoms with Crippen LogP contribution < -0.4 is 10.9 Å². The summed E-state index contributed by atoms with van der Waals surface area (Å²) in [5.41, 5.74) is 2.94. The Balaban J connectivity index is 1.93. The summed E-state index contributed by atoms with van der Waals surface area (Å²) in [6.07, 6.45) is 3.05. The van der Waals surface area contributed by atoms with Gasteiger partial charge in [-0.05, 0) is 61.4 Å². The van der Waals surface area contributed by atoms with E-state index in [4.69, 9.17) is 11.6 Å². The minimum atomic E-state index is -0.417. The van der Waals surface area contributed by atoms with Gasteiger partial charge in [0.25, 0.3) is 11.5 Å². The summed E-state index contributed by atoms with van der Waals surface area (Å²) in [4.78, 5) is 28.9. The second kappa shape index (κ2) is 6.91. The van der Waals surface area contributed by atoms with Crippen LogP contribution >= 0.6 is 11.6 Å². The predicted octanol–water partition coefficient (Wildman–Crippen LogP) is 3.76. The first-order valence-corrected chi connectivity index (χ1v) is 8.06. The number of rotatable bonds is 3. The number of amides is 1. The molecule has 2 aromatic carbocycles. The van der Waals surface area contributed by atoms with Gasteiger partial charge in [0.1, 0.15) is 0 Å². The number of carbonyl (C=O) groups is 1. The number of hydrogen-bond acceptors (Lipinski definition) is 3. The van der Waals surface area contributed by atoms with Crippen LogP contribution in [0.4, 0.5) is 5.82 Å². The Labute approximate surface area is 149 Å². The Morgan fingerprint density at radius 2 is 1.80 bits per heavy atom. The monoisotopic (exact) mass is 353 g/mol. The number of aromatic nitrogens is 2. The number of carbonyl (C=O) groups excluding carboxylic acids is 1. The standard InChI is InChI=1S/C19H16ClN3O2/c1-12-3-8-16(11-13(12)2)23-10-9-21-17(19(23)25)22-18(24)14-4-6-15(20)7-5-14/h3-11H,1-2H3,(H,21,22,24). The molecule has 5 nitrogen and oxygen atoms in total. The van der Waals surface area contributed by atoms with Crippen molar-refractivity contribution in [2.45, 2.75) is 13.8 Å². The second-order valence-corrected chi connectivity index (χ2v) is 6.12. The Morgan fingerprint density at radius 3 is 2.48 bits per heavy atom. The van der Waals surface area contributed by atoms with Gasteiger partial charge in [-0.25, -0.2) is 4.98 Å². The predicted molar refractivity (Wildman–Crippen MR) is 98.7 cm³/mol. The van der Waals surface area contributed by atoms with Crippen LogP contribution in [0.3, 0.4) is 0 Å². The van der Waals surface area contributed by atoms with E-state index in [2.05, 4.69) is 10.3 Å².